The van der Waals surface area contributed by atoms with Crippen molar-refractivity contribution < 1.29 is 8.78 Å². The van der Waals surface area contributed by atoms with Gasteiger partial charge >= 0.3 is 0 Å². The Hall–Kier alpha value is -1.49. The van der Waals surface area contributed by atoms with Gasteiger partial charge in [0.25, 0.3) is 0 Å². The van der Waals surface area contributed by atoms with Crippen molar-refractivity contribution in [1.29, 1.82) is 0 Å². The maximum Gasteiger partial charge on any atom is 0.145 e. The summed E-state index contributed by atoms with van der Waals surface area (Å²) in [6, 6.07) is 3.56. The number of rotatable bonds is 2. The first-order valence-corrected chi connectivity index (χ1v) is 5.70. The van der Waals surface area contributed by atoms with Gasteiger partial charge in [-0.1, -0.05) is 12.8 Å². The molecule has 0 radical (unpaired) electrons. The highest BCUT2D eigenvalue weighted by molar-refractivity contribution is 5.98. The molecule has 17 heavy (non-hydrogen) atoms. The summed E-state index contributed by atoms with van der Waals surface area (Å²) >= 11 is 0. The van der Waals surface area contributed by atoms with E-state index in [-0.39, 0.29) is 17.4 Å². The molecule has 92 valence electrons. The maximum atomic E-state index is 13.5. The van der Waals surface area contributed by atoms with Crippen molar-refractivity contribution in [3.8, 4) is 0 Å². The molecular formula is C12H15F2N3. The van der Waals surface area contributed by atoms with E-state index < -0.39 is 11.6 Å². The highest BCUT2D eigenvalue weighted by Crippen LogP contribution is 2.22. The second kappa shape index (κ2) is 5.23. The summed E-state index contributed by atoms with van der Waals surface area (Å²) in [7, 11) is 0. The second-order valence-electron chi connectivity index (χ2n) is 4.18. The molecule has 0 spiro atoms. The monoisotopic (exact) mass is 239 g/mol. The first-order valence-electron chi connectivity index (χ1n) is 5.70. The average molecular weight is 239 g/mol. The summed E-state index contributed by atoms with van der Waals surface area (Å²) in [5.41, 5.74) is 2.60. The van der Waals surface area contributed by atoms with Crippen LogP contribution in [0, 0.1) is 11.6 Å². The van der Waals surface area contributed by atoms with Crippen molar-refractivity contribution in [3.63, 3.8) is 0 Å². The number of aliphatic imine (C=N–C) groups is 1. The molecule has 1 aromatic carbocycles. The Labute approximate surface area is 98.7 Å². The summed E-state index contributed by atoms with van der Waals surface area (Å²) < 4.78 is 26.3. The molecular weight excluding hydrogens is 224 g/mol. The van der Waals surface area contributed by atoms with Crippen LogP contribution >= 0.6 is 0 Å². The van der Waals surface area contributed by atoms with Gasteiger partial charge in [0, 0.05) is 6.07 Å². The number of nitrogens with zero attached hydrogens (tertiary/aromatic N) is 1. The summed E-state index contributed by atoms with van der Waals surface area (Å²) in [5, 5.41) is 0. The smallest absolute Gasteiger partial charge is 0.145 e. The molecule has 2 rings (SSSR count). The molecule has 3 N–H and O–H groups in total. The molecule has 0 aliphatic heterocycles. The quantitative estimate of drug-likeness (QED) is 0.359. The van der Waals surface area contributed by atoms with Gasteiger partial charge in [0.2, 0.25) is 0 Å². The summed E-state index contributed by atoms with van der Waals surface area (Å²) in [6.45, 7) is 0. The van der Waals surface area contributed by atoms with E-state index in [1.54, 1.807) is 0 Å². The lowest BCUT2D eigenvalue weighted by molar-refractivity contribution is 0.580. The lowest BCUT2D eigenvalue weighted by Gasteiger charge is -2.10. The van der Waals surface area contributed by atoms with E-state index >= 15 is 0 Å². The number of halogens is 2. The van der Waals surface area contributed by atoms with Crippen LogP contribution in [0.25, 0.3) is 0 Å². The largest absolute Gasteiger partial charge is 0.308 e. The van der Waals surface area contributed by atoms with Gasteiger partial charge in [0.05, 0.1) is 11.6 Å². The highest BCUT2D eigenvalue weighted by atomic mass is 19.1. The number of hydrazine groups is 1. The molecule has 0 heterocycles. The van der Waals surface area contributed by atoms with Crippen LogP contribution in [0.4, 0.5) is 8.78 Å². The zero-order chi connectivity index (χ0) is 12.3. The predicted molar refractivity (Wildman–Crippen MR) is 62.5 cm³/mol. The first kappa shape index (κ1) is 12.0. The minimum absolute atomic E-state index is 0.186. The van der Waals surface area contributed by atoms with Gasteiger partial charge < -0.3 is 5.43 Å². The van der Waals surface area contributed by atoms with Crippen LogP contribution in [0.5, 0.6) is 0 Å². The molecule has 0 aromatic heterocycles. The van der Waals surface area contributed by atoms with Gasteiger partial charge in [-0.15, -0.1) is 0 Å². The molecule has 0 bridgehead atoms. The van der Waals surface area contributed by atoms with Crippen LogP contribution in [0.15, 0.2) is 23.2 Å². The molecule has 1 aromatic rings. The van der Waals surface area contributed by atoms with Crippen LogP contribution in [0.1, 0.15) is 31.2 Å². The zero-order valence-electron chi connectivity index (χ0n) is 9.42. The van der Waals surface area contributed by atoms with E-state index in [0.717, 1.165) is 31.7 Å². The topological polar surface area (TPSA) is 50.4 Å². The average Bonchev–Trinajstić information content (AvgIpc) is 2.79. The molecule has 0 atom stereocenters. The molecule has 1 saturated carbocycles. The Morgan fingerprint density at radius 1 is 1.29 bits per heavy atom. The molecule has 0 saturated heterocycles. The minimum atomic E-state index is -0.653. The summed E-state index contributed by atoms with van der Waals surface area (Å²) in [4.78, 5) is 4.37. The van der Waals surface area contributed by atoms with E-state index in [2.05, 4.69) is 10.4 Å². The minimum Gasteiger partial charge on any atom is -0.308 e. The molecule has 1 aliphatic rings. The Bertz CT molecular complexity index is 426. The van der Waals surface area contributed by atoms with Gasteiger partial charge in [-0.3, -0.25) is 4.99 Å². The van der Waals surface area contributed by atoms with Crippen molar-refractivity contribution in [2.24, 2.45) is 10.8 Å². The van der Waals surface area contributed by atoms with Crippen molar-refractivity contribution in [1.82, 2.24) is 5.43 Å². The maximum absolute atomic E-state index is 13.5. The van der Waals surface area contributed by atoms with Gasteiger partial charge in [-0.25, -0.2) is 14.6 Å². The number of nitrogens with one attached hydrogen (secondary N) is 1. The van der Waals surface area contributed by atoms with Crippen molar-refractivity contribution in [2.75, 3.05) is 0 Å². The number of hydrogen-bond acceptors (Lipinski definition) is 2. The van der Waals surface area contributed by atoms with Gasteiger partial charge in [0.1, 0.15) is 17.5 Å². The van der Waals surface area contributed by atoms with Crippen LogP contribution < -0.4 is 11.3 Å². The van der Waals surface area contributed by atoms with Crippen LogP contribution in [-0.2, 0) is 0 Å². The van der Waals surface area contributed by atoms with E-state index in [1.807, 2.05) is 0 Å². The lowest BCUT2D eigenvalue weighted by Crippen LogP contribution is -2.33. The Kier molecular flexibility index (Phi) is 3.68. The normalized spacial score (nSPS) is 17.5. The summed E-state index contributed by atoms with van der Waals surface area (Å²) in [5.74, 6) is 4.37. The van der Waals surface area contributed by atoms with Crippen molar-refractivity contribution in [3.05, 3.63) is 35.4 Å². The fourth-order valence-corrected chi connectivity index (χ4v) is 2.08. The van der Waals surface area contributed by atoms with Crippen molar-refractivity contribution >= 4 is 5.84 Å². The molecule has 3 nitrogen and oxygen atoms in total. The molecule has 1 aliphatic carbocycles. The van der Waals surface area contributed by atoms with Crippen LogP contribution in [0.2, 0.25) is 0 Å². The third kappa shape index (κ3) is 2.79. The SMILES string of the molecule is NNC(=NC1CCCC1)c1ccc(F)cc1F. The molecule has 1 fully saturated rings. The Morgan fingerprint density at radius 2 is 2.00 bits per heavy atom. The standard InChI is InChI=1S/C12H15F2N3/c13-8-5-6-10(11(14)7-8)12(17-15)16-9-3-1-2-4-9/h5-7,9H,1-4,15H2,(H,16,17). The third-order valence-corrected chi connectivity index (χ3v) is 2.96. The van der Waals surface area contributed by atoms with Crippen molar-refractivity contribution in [2.45, 2.75) is 31.7 Å². The van der Waals surface area contributed by atoms with Crippen LogP contribution in [-0.4, -0.2) is 11.9 Å². The third-order valence-electron chi connectivity index (χ3n) is 2.96. The van der Waals surface area contributed by atoms with E-state index in [0.29, 0.717) is 0 Å². The molecule has 0 amide bonds. The van der Waals surface area contributed by atoms with Gasteiger partial charge in [-0.05, 0) is 25.0 Å². The Balaban J connectivity index is 2.27. The highest BCUT2D eigenvalue weighted by Gasteiger charge is 2.16. The summed E-state index contributed by atoms with van der Waals surface area (Å²) in [6.07, 6.45) is 4.26. The molecule has 5 heteroatoms. The zero-order valence-corrected chi connectivity index (χ0v) is 9.42. The number of amidine groups is 1. The molecule has 0 unspecified atom stereocenters. The van der Waals surface area contributed by atoms with Crippen LogP contribution in [0.3, 0.4) is 0 Å². The van der Waals surface area contributed by atoms with E-state index in [1.165, 1.54) is 12.1 Å². The number of benzene rings is 1. The lowest BCUT2D eigenvalue weighted by atomic mass is 10.1. The van der Waals surface area contributed by atoms with E-state index in [9.17, 15) is 8.78 Å². The Morgan fingerprint density at radius 3 is 2.59 bits per heavy atom. The predicted octanol–water partition coefficient (Wildman–Crippen LogP) is 2.12. The fraction of sp³-hybridized carbons (Fsp3) is 0.417. The van der Waals surface area contributed by atoms with E-state index in [4.69, 9.17) is 5.84 Å². The fourth-order valence-electron chi connectivity index (χ4n) is 2.08. The first-order chi connectivity index (χ1) is 8.20. The number of nitrogens with two attached hydrogens (primary N) is 1. The second-order valence-corrected chi connectivity index (χ2v) is 4.18. The number of hydrogen-bond donors (Lipinski definition) is 2. The van der Waals surface area contributed by atoms with Gasteiger partial charge in [0.15, 0.2) is 0 Å². The van der Waals surface area contributed by atoms with Gasteiger partial charge in [-0.2, -0.15) is 0 Å².